The predicted molar refractivity (Wildman–Crippen MR) is 128 cm³/mol. The number of halogens is 2. The molecule has 0 unspecified atom stereocenters. The topological polar surface area (TPSA) is 85.1 Å². The van der Waals surface area contributed by atoms with Crippen molar-refractivity contribution in [3.05, 3.63) is 46.0 Å². The van der Waals surface area contributed by atoms with E-state index in [0.29, 0.717) is 23.5 Å². The van der Waals surface area contributed by atoms with Crippen molar-refractivity contribution in [3.8, 4) is 0 Å². The number of nitrogens with two attached hydrogens (primary N) is 1. The summed E-state index contributed by atoms with van der Waals surface area (Å²) in [6.45, 7) is 3.70. The van der Waals surface area contributed by atoms with Crippen molar-refractivity contribution in [1.82, 2.24) is 4.98 Å². The number of anilines is 1. The molecule has 0 saturated heterocycles. The van der Waals surface area contributed by atoms with Crippen molar-refractivity contribution >= 4 is 28.3 Å². The zero-order chi connectivity index (χ0) is 24.3. The summed E-state index contributed by atoms with van der Waals surface area (Å²) >= 11 is 1.41. The normalized spacial score (nSPS) is 31.3. The average molecular weight is 488 g/mol. The lowest BCUT2D eigenvalue weighted by Crippen LogP contribution is -2.47. The SMILES string of the molecule is Cc1cnc(NC(=O)CC[C@@H]2CC(F)(F)[C@@]3(C)CC[C@@H]4c5ccc(C(N)=O)cc5CC[C@H]4[C@H]23)s1. The zero-order valence-electron chi connectivity index (χ0n) is 19.6. The molecule has 3 aliphatic rings. The minimum atomic E-state index is -2.73. The van der Waals surface area contributed by atoms with Gasteiger partial charge in [0.15, 0.2) is 5.13 Å². The van der Waals surface area contributed by atoms with Crippen LogP contribution in [-0.2, 0) is 11.2 Å². The molecule has 0 spiro atoms. The van der Waals surface area contributed by atoms with E-state index < -0.39 is 17.2 Å². The monoisotopic (exact) mass is 487 g/mol. The van der Waals surface area contributed by atoms with Crippen molar-refractivity contribution in [2.45, 2.75) is 70.6 Å². The largest absolute Gasteiger partial charge is 0.366 e. The number of aryl methyl sites for hydroxylation is 2. The van der Waals surface area contributed by atoms with Gasteiger partial charge in [-0.2, -0.15) is 0 Å². The van der Waals surface area contributed by atoms with Crippen LogP contribution >= 0.6 is 11.3 Å². The number of nitrogens with one attached hydrogen (secondary N) is 1. The standard InChI is InChI=1S/C26H31F2N3O2S/c1-14-13-30-24(34-14)31-21(32)8-5-17-12-26(27,28)25(2)10-9-19-18-6-4-16(23(29)33)11-15(18)3-7-20(19)22(17)25/h4,6,11,13,17,19-20,22H,3,5,7-10,12H2,1-2H3,(H2,29,33)(H,30,31,32)/t17-,19-,20-,22+,25+/m1/s1. The van der Waals surface area contributed by atoms with Gasteiger partial charge < -0.3 is 11.1 Å². The molecule has 2 saturated carbocycles. The fourth-order valence-electron chi connectivity index (χ4n) is 7.16. The third kappa shape index (κ3) is 3.84. The van der Waals surface area contributed by atoms with Crippen LogP contribution in [0.3, 0.4) is 0 Å². The molecule has 1 aromatic carbocycles. The molecule has 2 amide bonds. The molecule has 0 aliphatic heterocycles. The lowest BCUT2D eigenvalue weighted by atomic mass is 9.53. The maximum absolute atomic E-state index is 15.4. The van der Waals surface area contributed by atoms with Crippen molar-refractivity contribution in [1.29, 1.82) is 0 Å². The summed E-state index contributed by atoms with van der Waals surface area (Å²) in [5, 5.41) is 3.37. The van der Waals surface area contributed by atoms with Crippen LogP contribution < -0.4 is 11.1 Å². The summed E-state index contributed by atoms with van der Waals surface area (Å²) in [7, 11) is 0. The Balaban J connectivity index is 1.36. The van der Waals surface area contributed by atoms with Gasteiger partial charge in [-0.15, -0.1) is 11.3 Å². The van der Waals surface area contributed by atoms with E-state index in [1.807, 2.05) is 19.1 Å². The van der Waals surface area contributed by atoms with Gasteiger partial charge in [-0.1, -0.05) is 13.0 Å². The van der Waals surface area contributed by atoms with Crippen LogP contribution in [0.25, 0.3) is 0 Å². The Morgan fingerprint density at radius 2 is 2.09 bits per heavy atom. The quantitative estimate of drug-likeness (QED) is 0.568. The molecule has 3 N–H and O–H groups in total. The maximum Gasteiger partial charge on any atom is 0.253 e. The Labute approximate surface area is 202 Å². The van der Waals surface area contributed by atoms with E-state index in [4.69, 9.17) is 5.73 Å². The number of thiazole rings is 1. The van der Waals surface area contributed by atoms with Gasteiger partial charge in [0, 0.05) is 34.9 Å². The second kappa shape index (κ2) is 8.40. The first-order valence-electron chi connectivity index (χ1n) is 12.1. The number of benzene rings is 1. The fourth-order valence-corrected chi connectivity index (χ4v) is 7.84. The molecule has 182 valence electrons. The summed E-state index contributed by atoms with van der Waals surface area (Å²) in [5.74, 6) is -3.27. The molecule has 5 nitrogen and oxygen atoms in total. The highest BCUT2D eigenvalue weighted by molar-refractivity contribution is 7.15. The summed E-state index contributed by atoms with van der Waals surface area (Å²) in [5.41, 5.74) is 7.25. The van der Waals surface area contributed by atoms with Crippen LogP contribution in [0, 0.1) is 30.1 Å². The minimum Gasteiger partial charge on any atom is -0.366 e. The number of primary amides is 1. The average Bonchev–Trinajstić information content (AvgIpc) is 3.28. The van der Waals surface area contributed by atoms with Gasteiger partial charge in [0.2, 0.25) is 11.8 Å². The van der Waals surface area contributed by atoms with Crippen molar-refractivity contribution in [3.63, 3.8) is 0 Å². The summed E-state index contributed by atoms with van der Waals surface area (Å²) in [6.07, 6.45) is 5.05. The van der Waals surface area contributed by atoms with Gasteiger partial charge in [0.1, 0.15) is 0 Å². The van der Waals surface area contributed by atoms with E-state index in [2.05, 4.69) is 10.3 Å². The molecule has 0 radical (unpaired) electrons. The summed E-state index contributed by atoms with van der Waals surface area (Å²) in [6, 6.07) is 5.64. The minimum absolute atomic E-state index is 0.125. The highest BCUT2D eigenvalue weighted by atomic mass is 32.1. The van der Waals surface area contributed by atoms with Crippen LogP contribution in [0.1, 0.15) is 77.7 Å². The van der Waals surface area contributed by atoms with E-state index in [0.717, 1.165) is 29.7 Å². The fraction of sp³-hybridized carbons (Fsp3) is 0.577. The lowest BCUT2D eigenvalue weighted by molar-refractivity contribution is -0.133. The van der Waals surface area contributed by atoms with Crippen molar-refractivity contribution in [2.24, 2.45) is 28.9 Å². The van der Waals surface area contributed by atoms with E-state index in [1.54, 1.807) is 19.2 Å². The second-order valence-electron chi connectivity index (χ2n) is 10.6. The van der Waals surface area contributed by atoms with E-state index in [-0.39, 0.29) is 42.4 Å². The molecule has 2 aromatic rings. The van der Waals surface area contributed by atoms with Crippen LogP contribution in [0.4, 0.5) is 13.9 Å². The number of hydrogen-bond donors (Lipinski definition) is 2. The van der Waals surface area contributed by atoms with Gasteiger partial charge in [0.25, 0.3) is 5.92 Å². The molecule has 1 heterocycles. The first-order valence-corrected chi connectivity index (χ1v) is 12.9. The second-order valence-corrected chi connectivity index (χ2v) is 11.8. The third-order valence-electron chi connectivity index (χ3n) is 8.73. The Morgan fingerprint density at radius 1 is 1.29 bits per heavy atom. The molecule has 2 fully saturated rings. The van der Waals surface area contributed by atoms with Gasteiger partial charge in [-0.25, -0.2) is 13.8 Å². The summed E-state index contributed by atoms with van der Waals surface area (Å²) < 4.78 is 30.8. The van der Waals surface area contributed by atoms with Crippen LogP contribution in [0.15, 0.2) is 24.4 Å². The predicted octanol–water partition coefficient (Wildman–Crippen LogP) is 5.69. The number of amides is 2. The van der Waals surface area contributed by atoms with Crippen LogP contribution in [0.5, 0.6) is 0 Å². The summed E-state index contributed by atoms with van der Waals surface area (Å²) in [4.78, 5) is 29.3. The first-order chi connectivity index (χ1) is 16.1. The Morgan fingerprint density at radius 3 is 2.79 bits per heavy atom. The zero-order valence-corrected chi connectivity index (χ0v) is 20.4. The molecule has 1 aromatic heterocycles. The smallest absolute Gasteiger partial charge is 0.253 e. The van der Waals surface area contributed by atoms with E-state index in [1.165, 1.54) is 16.9 Å². The Hall–Kier alpha value is -2.35. The van der Waals surface area contributed by atoms with Gasteiger partial charge in [-0.3, -0.25) is 9.59 Å². The molecule has 5 atom stereocenters. The molecule has 3 aliphatic carbocycles. The Kier molecular flexibility index (Phi) is 5.78. The highest BCUT2D eigenvalue weighted by Crippen LogP contribution is 2.68. The van der Waals surface area contributed by atoms with Gasteiger partial charge in [0.05, 0.1) is 0 Å². The number of aromatic nitrogens is 1. The van der Waals surface area contributed by atoms with Gasteiger partial charge >= 0.3 is 0 Å². The maximum atomic E-state index is 15.4. The molecule has 5 rings (SSSR count). The van der Waals surface area contributed by atoms with E-state index >= 15 is 8.78 Å². The van der Waals surface area contributed by atoms with Crippen LogP contribution in [0.2, 0.25) is 0 Å². The van der Waals surface area contributed by atoms with Crippen LogP contribution in [-0.4, -0.2) is 22.7 Å². The molecule has 8 heteroatoms. The molecule has 0 bridgehead atoms. The van der Waals surface area contributed by atoms with Crippen molar-refractivity contribution < 1.29 is 18.4 Å². The number of alkyl halides is 2. The number of nitrogens with zero attached hydrogens (tertiary/aromatic N) is 1. The third-order valence-corrected chi connectivity index (χ3v) is 9.56. The highest BCUT2D eigenvalue weighted by Gasteiger charge is 2.67. The van der Waals surface area contributed by atoms with E-state index in [9.17, 15) is 9.59 Å². The first kappa shape index (κ1) is 23.4. The van der Waals surface area contributed by atoms with Gasteiger partial charge in [-0.05, 0) is 86.0 Å². The molecular weight excluding hydrogens is 456 g/mol. The van der Waals surface area contributed by atoms with Crippen molar-refractivity contribution in [2.75, 3.05) is 5.32 Å². The number of hydrogen-bond acceptors (Lipinski definition) is 4. The lowest BCUT2D eigenvalue weighted by Gasteiger charge is -2.51. The number of carbonyl (C=O) groups is 2. The number of carbonyl (C=O) groups excluding carboxylic acids is 2. The molecular formula is C26H31F2N3O2S. The number of rotatable bonds is 5. The molecule has 34 heavy (non-hydrogen) atoms. The number of fused-ring (bicyclic) bond motifs is 5. The Bertz CT molecular complexity index is 1130.